The molecule has 1 aromatic heterocycles. The molecule has 1 atom stereocenters. The Morgan fingerprint density at radius 1 is 1.19 bits per heavy atom. The number of guanidine groups is 1. The van der Waals surface area contributed by atoms with Gasteiger partial charge in [0.1, 0.15) is 5.82 Å². The van der Waals surface area contributed by atoms with Crippen molar-refractivity contribution in [3.05, 3.63) is 65.6 Å². The van der Waals surface area contributed by atoms with E-state index in [2.05, 4.69) is 25.9 Å². The lowest BCUT2D eigenvalue weighted by molar-refractivity contribution is -0.119. The number of nitrogens with one attached hydrogen (secondary N) is 4. The number of amides is 1. The van der Waals surface area contributed by atoms with Crippen molar-refractivity contribution in [3.63, 3.8) is 0 Å². The van der Waals surface area contributed by atoms with Crippen LogP contribution in [-0.4, -0.2) is 30.4 Å². The Hall–Kier alpha value is -2.62. The lowest BCUT2D eigenvalue weighted by Crippen LogP contribution is -2.37. The van der Waals surface area contributed by atoms with Crippen molar-refractivity contribution in [2.75, 3.05) is 18.9 Å². The summed E-state index contributed by atoms with van der Waals surface area (Å²) in [5.74, 6) is 0.460. The van der Waals surface area contributed by atoms with E-state index in [4.69, 9.17) is 0 Å². The highest BCUT2D eigenvalue weighted by Gasteiger charge is 2.10. The van der Waals surface area contributed by atoms with E-state index in [0.29, 0.717) is 19.0 Å². The minimum absolute atomic E-state index is 0. The molecule has 4 N–H and O–H groups in total. The summed E-state index contributed by atoms with van der Waals surface area (Å²) in [5.41, 5.74) is 3.82. The van der Waals surface area contributed by atoms with Crippen molar-refractivity contribution in [2.24, 2.45) is 10.9 Å². The molecular weight excluding hydrogens is 520 g/mol. The number of carbonyl (C=O) groups is 1. The molecule has 0 aliphatic carbocycles. The van der Waals surface area contributed by atoms with Crippen molar-refractivity contribution >= 4 is 52.4 Å². The van der Waals surface area contributed by atoms with Crippen molar-refractivity contribution < 1.29 is 9.18 Å². The second-order valence-corrected chi connectivity index (χ2v) is 7.61. The van der Waals surface area contributed by atoms with Crippen LogP contribution in [0.15, 0.2) is 53.7 Å². The number of nitrogens with zero attached hydrogens (tertiary/aromatic N) is 1. The first-order chi connectivity index (χ1) is 15.0. The van der Waals surface area contributed by atoms with Crippen LogP contribution in [0.1, 0.15) is 31.4 Å². The molecular formula is C24H31FIN5O. The fourth-order valence-corrected chi connectivity index (χ4v) is 3.29. The van der Waals surface area contributed by atoms with Gasteiger partial charge in [-0.25, -0.2) is 4.39 Å². The van der Waals surface area contributed by atoms with Crippen LogP contribution in [-0.2, 0) is 17.8 Å². The second kappa shape index (κ2) is 12.4. The number of hydrogen-bond donors (Lipinski definition) is 4. The Balaban J connectivity index is 0.00000363. The smallest absolute Gasteiger partial charge is 0.227 e. The van der Waals surface area contributed by atoms with Crippen LogP contribution in [0, 0.1) is 11.7 Å². The SMILES string of the molecule is CCC(C)C(=O)Nc1cccc(CNC(=NC)NCCc2c[nH]c3ccc(F)cc23)c1.I. The zero-order valence-electron chi connectivity index (χ0n) is 18.7. The van der Waals surface area contributed by atoms with Crippen molar-refractivity contribution in [2.45, 2.75) is 33.2 Å². The molecule has 8 heteroatoms. The predicted octanol–water partition coefficient (Wildman–Crippen LogP) is 4.82. The molecule has 6 nitrogen and oxygen atoms in total. The largest absolute Gasteiger partial charge is 0.361 e. The molecule has 0 saturated heterocycles. The maximum Gasteiger partial charge on any atom is 0.227 e. The Labute approximate surface area is 205 Å². The number of H-pyrrole nitrogens is 1. The number of aromatic nitrogens is 1. The zero-order valence-corrected chi connectivity index (χ0v) is 21.0. The van der Waals surface area contributed by atoms with E-state index in [1.54, 1.807) is 19.2 Å². The highest BCUT2D eigenvalue weighted by molar-refractivity contribution is 14.0. The van der Waals surface area contributed by atoms with Gasteiger partial charge in [0.15, 0.2) is 5.96 Å². The minimum atomic E-state index is -0.235. The van der Waals surface area contributed by atoms with E-state index in [0.717, 1.165) is 40.6 Å². The highest BCUT2D eigenvalue weighted by Crippen LogP contribution is 2.19. The van der Waals surface area contributed by atoms with E-state index in [1.165, 1.54) is 6.07 Å². The van der Waals surface area contributed by atoms with E-state index in [1.807, 2.05) is 44.3 Å². The number of halogens is 2. The number of hydrogen-bond acceptors (Lipinski definition) is 2. The van der Waals surface area contributed by atoms with Gasteiger partial charge in [-0.05, 0) is 54.3 Å². The Morgan fingerprint density at radius 3 is 2.75 bits per heavy atom. The summed E-state index contributed by atoms with van der Waals surface area (Å²) in [6, 6.07) is 12.5. The van der Waals surface area contributed by atoms with Gasteiger partial charge in [-0.2, -0.15) is 0 Å². The first-order valence-electron chi connectivity index (χ1n) is 10.6. The van der Waals surface area contributed by atoms with E-state index in [9.17, 15) is 9.18 Å². The van der Waals surface area contributed by atoms with Crippen LogP contribution in [0.2, 0.25) is 0 Å². The molecule has 0 aliphatic heterocycles. The number of aliphatic imine (C=N–C) groups is 1. The lowest BCUT2D eigenvalue weighted by atomic mass is 10.1. The molecule has 0 bridgehead atoms. The average Bonchev–Trinajstić information content (AvgIpc) is 3.17. The van der Waals surface area contributed by atoms with Crippen LogP contribution >= 0.6 is 24.0 Å². The number of anilines is 1. The van der Waals surface area contributed by atoms with Gasteiger partial charge in [0.05, 0.1) is 0 Å². The van der Waals surface area contributed by atoms with Crippen molar-refractivity contribution in [1.29, 1.82) is 0 Å². The third kappa shape index (κ3) is 6.94. The summed E-state index contributed by atoms with van der Waals surface area (Å²) in [4.78, 5) is 19.5. The molecule has 0 radical (unpaired) electrons. The maximum absolute atomic E-state index is 13.5. The molecule has 0 aliphatic rings. The molecule has 1 heterocycles. The van der Waals surface area contributed by atoms with Crippen molar-refractivity contribution in [3.8, 4) is 0 Å². The number of aromatic amines is 1. The van der Waals surface area contributed by atoms with Gasteiger partial charge >= 0.3 is 0 Å². The number of fused-ring (bicyclic) bond motifs is 1. The normalized spacial score (nSPS) is 12.2. The summed E-state index contributed by atoms with van der Waals surface area (Å²) in [6.07, 6.45) is 3.46. The molecule has 1 amide bonds. The highest BCUT2D eigenvalue weighted by atomic mass is 127. The van der Waals surface area contributed by atoms with Crippen LogP contribution in [0.3, 0.4) is 0 Å². The Kier molecular flexibility index (Phi) is 9.96. The summed E-state index contributed by atoms with van der Waals surface area (Å²) in [7, 11) is 1.72. The van der Waals surface area contributed by atoms with E-state index >= 15 is 0 Å². The molecule has 172 valence electrons. The van der Waals surface area contributed by atoms with Gasteiger partial charge in [-0.1, -0.05) is 26.0 Å². The minimum Gasteiger partial charge on any atom is -0.361 e. The molecule has 2 aromatic carbocycles. The summed E-state index contributed by atoms with van der Waals surface area (Å²) < 4.78 is 13.5. The van der Waals surface area contributed by atoms with Gasteiger partial charge in [-0.15, -0.1) is 24.0 Å². The summed E-state index contributed by atoms with van der Waals surface area (Å²) in [5, 5.41) is 10.4. The Morgan fingerprint density at radius 2 is 2.00 bits per heavy atom. The molecule has 3 aromatic rings. The van der Waals surface area contributed by atoms with Crippen LogP contribution in [0.4, 0.5) is 10.1 Å². The third-order valence-electron chi connectivity index (χ3n) is 5.35. The van der Waals surface area contributed by atoms with Gasteiger partial charge in [-0.3, -0.25) is 9.79 Å². The van der Waals surface area contributed by atoms with E-state index < -0.39 is 0 Å². The maximum atomic E-state index is 13.5. The molecule has 0 saturated carbocycles. The number of benzene rings is 2. The fourth-order valence-electron chi connectivity index (χ4n) is 3.29. The van der Waals surface area contributed by atoms with Crippen LogP contribution in [0.25, 0.3) is 10.9 Å². The second-order valence-electron chi connectivity index (χ2n) is 7.61. The molecule has 0 fully saturated rings. The zero-order chi connectivity index (χ0) is 22.2. The van der Waals surface area contributed by atoms with Gasteiger partial charge < -0.3 is 20.9 Å². The monoisotopic (exact) mass is 551 g/mol. The van der Waals surface area contributed by atoms with Gasteiger partial charge in [0.2, 0.25) is 5.91 Å². The van der Waals surface area contributed by atoms with E-state index in [-0.39, 0.29) is 41.6 Å². The molecule has 1 unspecified atom stereocenters. The lowest BCUT2D eigenvalue weighted by Gasteiger charge is -2.13. The first-order valence-corrected chi connectivity index (χ1v) is 10.6. The fraction of sp³-hybridized carbons (Fsp3) is 0.333. The summed E-state index contributed by atoms with van der Waals surface area (Å²) in [6.45, 7) is 5.16. The molecule has 0 spiro atoms. The average molecular weight is 551 g/mol. The van der Waals surface area contributed by atoms with Gasteiger partial charge in [0, 0.05) is 48.8 Å². The first kappa shape index (κ1) is 25.6. The van der Waals surface area contributed by atoms with Crippen LogP contribution in [0.5, 0.6) is 0 Å². The predicted molar refractivity (Wildman–Crippen MR) is 140 cm³/mol. The van der Waals surface area contributed by atoms with Crippen LogP contribution < -0.4 is 16.0 Å². The standard InChI is InChI=1S/C24H30FN5O.HI/c1-4-16(2)23(31)30-20-7-5-6-17(12-20)14-29-24(26-3)27-11-10-18-15-28-22-9-8-19(25)13-21(18)22;/h5-9,12-13,15-16,28H,4,10-11,14H2,1-3H3,(H,30,31)(H2,26,27,29);1H. The van der Waals surface area contributed by atoms with Gasteiger partial charge in [0.25, 0.3) is 0 Å². The van der Waals surface area contributed by atoms with Crippen molar-refractivity contribution in [1.82, 2.24) is 15.6 Å². The number of rotatable bonds is 8. The number of carbonyl (C=O) groups excluding carboxylic acids is 1. The quantitative estimate of drug-likeness (QED) is 0.184. The molecule has 32 heavy (non-hydrogen) atoms. The third-order valence-corrected chi connectivity index (χ3v) is 5.35. The topological polar surface area (TPSA) is 81.3 Å². The summed E-state index contributed by atoms with van der Waals surface area (Å²) >= 11 is 0. The molecule has 3 rings (SSSR count). The Bertz CT molecular complexity index is 1070.